The largest absolute Gasteiger partial charge is 0.508 e. The number of nitrogens with one attached hydrogen (secondary N) is 1. The summed E-state index contributed by atoms with van der Waals surface area (Å²) in [6.07, 6.45) is -0.391. The van der Waals surface area contributed by atoms with Gasteiger partial charge in [-0.1, -0.05) is 12.1 Å². The normalized spacial score (nSPS) is 24.9. The van der Waals surface area contributed by atoms with Crippen molar-refractivity contribution >= 4 is 40.5 Å². The number of benzene rings is 2. The molecule has 0 aliphatic heterocycles. The number of nitrogens with two attached hydrogens (primary N) is 1. The zero-order chi connectivity index (χ0) is 31.7. The Balaban J connectivity index is 1.63. The topological polar surface area (TPSA) is 194 Å². The quantitative estimate of drug-likeness (QED) is 0.218. The van der Waals surface area contributed by atoms with E-state index in [4.69, 9.17) is 5.73 Å². The number of halogens is 1. The molecule has 0 heterocycles. The summed E-state index contributed by atoms with van der Waals surface area (Å²) in [7, 11) is 6.42. The van der Waals surface area contributed by atoms with Gasteiger partial charge >= 0.3 is 0 Å². The Bertz CT molecular complexity index is 1680. The second kappa shape index (κ2) is 10.2. The minimum Gasteiger partial charge on any atom is -0.508 e. The molecule has 0 spiro atoms. The number of aliphatic hydroxyl groups excluding tert-OH is 2. The summed E-state index contributed by atoms with van der Waals surface area (Å²) >= 11 is 0. The molecule has 1 saturated carbocycles. The van der Waals surface area contributed by atoms with Gasteiger partial charge in [0.2, 0.25) is 5.78 Å². The van der Waals surface area contributed by atoms with Crippen molar-refractivity contribution < 1.29 is 44.0 Å². The number of phenols is 1. The Morgan fingerprint density at radius 1 is 1.09 bits per heavy atom. The highest BCUT2D eigenvalue weighted by Gasteiger charge is 2.64. The number of primary amides is 1. The average molecular weight is 595 g/mol. The van der Waals surface area contributed by atoms with Crippen molar-refractivity contribution in [2.75, 3.05) is 38.4 Å². The fraction of sp³-hybridized carbons (Fsp3) is 0.333. The number of hydrogen-bond acceptors (Lipinski definition) is 10. The monoisotopic (exact) mass is 594 g/mol. The molecular formula is C30H31FN4O8. The van der Waals surface area contributed by atoms with Gasteiger partial charge in [-0.05, 0) is 45.0 Å². The molecule has 5 rings (SSSR count). The summed E-state index contributed by atoms with van der Waals surface area (Å²) in [5.41, 5.74) is 0.929. The van der Waals surface area contributed by atoms with Crippen LogP contribution in [0.4, 0.5) is 15.8 Å². The van der Waals surface area contributed by atoms with Crippen molar-refractivity contribution in [1.82, 2.24) is 4.90 Å². The Kier molecular flexibility index (Phi) is 7.06. The molecular weight excluding hydrogens is 563 g/mol. The number of ketones is 2. The molecule has 4 atom stereocenters. The second-order valence-electron chi connectivity index (χ2n) is 11.4. The third-order valence-corrected chi connectivity index (χ3v) is 8.55. The van der Waals surface area contributed by atoms with Crippen LogP contribution < -0.4 is 16.0 Å². The van der Waals surface area contributed by atoms with Crippen molar-refractivity contribution in [3.05, 3.63) is 69.7 Å². The van der Waals surface area contributed by atoms with Crippen LogP contribution in [0.2, 0.25) is 0 Å². The van der Waals surface area contributed by atoms with Gasteiger partial charge in [-0.3, -0.25) is 24.1 Å². The molecule has 3 aliphatic carbocycles. The number of rotatable bonds is 5. The van der Waals surface area contributed by atoms with E-state index in [1.165, 1.54) is 25.1 Å². The van der Waals surface area contributed by atoms with Crippen molar-refractivity contribution in [2.45, 2.75) is 24.5 Å². The highest BCUT2D eigenvalue weighted by Crippen LogP contribution is 2.53. The molecule has 7 N–H and O–H groups in total. The number of anilines is 2. The van der Waals surface area contributed by atoms with E-state index >= 15 is 4.39 Å². The number of Topliss-reactive ketones (excluding diaryl/α,β-unsaturated/α-hetero) is 2. The van der Waals surface area contributed by atoms with Gasteiger partial charge in [0.1, 0.15) is 22.9 Å². The van der Waals surface area contributed by atoms with E-state index in [1.807, 2.05) is 0 Å². The first-order chi connectivity index (χ1) is 20.1. The van der Waals surface area contributed by atoms with Gasteiger partial charge < -0.3 is 36.4 Å². The summed E-state index contributed by atoms with van der Waals surface area (Å²) in [6.45, 7) is 0. The summed E-state index contributed by atoms with van der Waals surface area (Å²) < 4.78 is 15.6. The molecule has 2 aromatic carbocycles. The van der Waals surface area contributed by atoms with E-state index in [2.05, 4.69) is 5.32 Å². The minimum absolute atomic E-state index is 0.144. The third-order valence-electron chi connectivity index (χ3n) is 8.55. The molecule has 226 valence electrons. The van der Waals surface area contributed by atoms with Gasteiger partial charge in [-0.25, -0.2) is 4.39 Å². The number of para-hydroxylation sites is 1. The van der Waals surface area contributed by atoms with E-state index in [1.54, 1.807) is 37.2 Å². The van der Waals surface area contributed by atoms with Crippen LogP contribution in [-0.4, -0.2) is 88.5 Å². The van der Waals surface area contributed by atoms with E-state index in [-0.39, 0.29) is 29.7 Å². The zero-order valence-electron chi connectivity index (χ0n) is 23.8. The summed E-state index contributed by atoms with van der Waals surface area (Å²) in [6, 6.07) is 6.24. The predicted octanol–water partition coefficient (Wildman–Crippen LogP) is 1.42. The molecule has 12 nitrogen and oxygen atoms in total. The fourth-order valence-corrected chi connectivity index (χ4v) is 6.61. The average Bonchev–Trinajstić information content (AvgIpc) is 2.93. The van der Waals surface area contributed by atoms with E-state index in [0.717, 1.165) is 6.07 Å². The van der Waals surface area contributed by atoms with Gasteiger partial charge in [0, 0.05) is 42.9 Å². The van der Waals surface area contributed by atoms with Gasteiger partial charge in [0.15, 0.2) is 17.1 Å². The van der Waals surface area contributed by atoms with Gasteiger partial charge in [0.25, 0.3) is 11.8 Å². The summed E-state index contributed by atoms with van der Waals surface area (Å²) in [5, 5.41) is 47.6. The zero-order valence-corrected chi connectivity index (χ0v) is 23.8. The number of aliphatic hydroxyl groups is 3. The van der Waals surface area contributed by atoms with Gasteiger partial charge in [-0.15, -0.1) is 0 Å². The molecule has 0 aromatic heterocycles. The van der Waals surface area contributed by atoms with Gasteiger partial charge in [-0.2, -0.15) is 0 Å². The van der Waals surface area contributed by atoms with Crippen molar-refractivity contribution in [2.24, 2.45) is 17.6 Å². The van der Waals surface area contributed by atoms with Crippen molar-refractivity contribution in [3.8, 4) is 5.75 Å². The number of carbonyl (C=O) groups excluding carboxylic acids is 4. The van der Waals surface area contributed by atoms with Crippen LogP contribution in [-0.2, 0) is 20.8 Å². The standard InChI is InChI=1S/C30H31FN4O8/c1-34(2)18-8-6-5-7-13(18)29(42)33-17-11-16(31)14-9-12-10-15-22(35(3)4)25(38)21(28(32)41)27(40)30(15,43)26(39)19(12)24(37)20(14)23(17)36/h5-8,11-12,15,22,36-37,40,43H,9-10H2,1-4H3,(H2,32,41)(H,33,42)/t12-,15-,22-,30-/m0/s1. The lowest BCUT2D eigenvalue weighted by molar-refractivity contribution is -0.153. The Labute approximate surface area is 245 Å². The molecule has 2 aromatic rings. The van der Waals surface area contributed by atoms with Crippen LogP contribution in [0.5, 0.6) is 5.75 Å². The van der Waals surface area contributed by atoms with Crippen molar-refractivity contribution in [1.29, 1.82) is 0 Å². The number of carbonyl (C=O) groups is 4. The highest BCUT2D eigenvalue weighted by molar-refractivity contribution is 6.24. The lowest BCUT2D eigenvalue weighted by Gasteiger charge is -2.50. The molecule has 0 saturated heterocycles. The molecule has 13 heteroatoms. The fourth-order valence-electron chi connectivity index (χ4n) is 6.61. The highest BCUT2D eigenvalue weighted by atomic mass is 19.1. The maximum absolute atomic E-state index is 15.6. The Morgan fingerprint density at radius 3 is 2.35 bits per heavy atom. The molecule has 0 unspecified atom stereocenters. The molecule has 0 bridgehead atoms. The number of hydrogen-bond donors (Lipinski definition) is 6. The lowest BCUT2D eigenvalue weighted by Crippen LogP contribution is -2.65. The predicted molar refractivity (Wildman–Crippen MR) is 153 cm³/mol. The maximum Gasteiger partial charge on any atom is 0.257 e. The Hall–Kier alpha value is -4.75. The maximum atomic E-state index is 15.6. The number of amides is 2. The first-order valence-corrected chi connectivity index (χ1v) is 13.4. The molecule has 0 radical (unpaired) electrons. The van der Waals surface area contributed by atoms with Crippen LogP contribution in [0, 0.1) is 17.7 Å². The van der Waals surface area contributed by atoms with E-state index in [0.29, 0.717) is 5.69 Å². The van der Waals surface area contributed by atoms with Crippen LogP contribution in [0.25, 0.3) is 5.76 Å². The number of phenolic OH excluding ortho intramolecular Hbond substituents is 1. The van der Waals surface area contributed by atoms with Crippen molar-refractivity contribution in [3.63, 3.8) is 0 Å². The smallest absolute Gasteiger partial charge is 0.257 e. The molecule has 2 amide bonds. The SMILES string of the molecule is CN(C)c1ccccc1C(=O)Nc1cc(F)c2c(c1O)C(O)=C1C(=O)[C@]3(O)C(O)=C(C(N)=O)C(=O)[C@@H](N(C)C)[C@@H]3C[C@@H]1C2. The number of nitrogens with zero attached hydrogens (tertiary/aromatic N) is 2. The summed E-state index contributed by atoms with van der Waals surface area (Å²) in [5.74, 6) is -10.0. The number of aromatic hydroxyl groups is 1. The lowest BCUT2D eigenvalue weighted by atomic mass is 9.57. The molecule has 43 heavy (non-hydrogen) atoms. The second-order valence-corrected chi connectivity index (χ2v) is 11.4. The minimum atomic E-state index is -2.82. The van der Waals surface area contributed by atoms with Crippen LogP contribution in [0.15, 0.2) is 47.2 Å². The Morgan fingerprint density at radius 2 is 1.74 bits per heavy atom. The number of fused-ring (bicyclic) bond motifs is 3. The van der Waals surface area contributed by atoms with Crippen LogP contribution >= 0.6 is 0 Å². The van der Waals surface area contributed by atoms with Crippen LogP contribution in [0.1, 0.15) is 27.9 Å². The van der Waals surface area contributed by atoms with Crippen LogP contribution in [0.3, 0.4) is 0 Å². The van der Waals surface area contributed by atoms with Gasteiger partial charge in [0.05, 0.1) is 22.9 Å². The number of likely N-dealkylation sites (N-methyl/N-ethyl adjacent to an activating group) is 1. The molecule has 1 fully saturated rings. The third kappa shape index (κ3) is 4.26. The van der Waals surface area contributed by atoms with E-state index in [9.17, 15) is 39.6 Å². The van der Waals surface area contributed by atoms with E-state index < -0.39 is 86.7 Å². The first-order valence-electron chi connectivity index (χ1n) is 13.4. The molecule has 3 aliphatic rings. The summed E-state index contributed by atoms with van der Waals surface area (Å²) in [4.78, 5) is 55.4. The first kappa shape index (κ1) is 29.7.